The van der Waals surface area contributed by atoms with Crippen LogP contribution in [-0.2, 0) is 0 Å². The molecule has 0 aromatic heterocycles. The molecule has 2 aliphatic rings. The van der Waals surface area contributed by atoms with E-state index in [0.717, 1.165) is 5.92 Å². The molecule has 1 saturated carbocycles. The van der Waals surface area contributed by atoms with Crippen LogP contribution in [0.4, 0.5) is 0 Å². The molecular formula is C12H24N2. The fourth-order valence-corrected chi connectivity index (χ4v) is 3.20. The summed E-state index contributed by atoms with van der Waals surface area (Å²) in [7, 11) is 2.07. The maximum absolute atomic E-state index is 3.31. The van der Waals surface area contributed by atoms with Crippen LogP contribution in [0, 0.1) is 5.92 Å². The number of likely N-dealkylation sites (tertiary alicyclic amines) is 1. The first kappa shape index (κ1) is 10.4. The minimum Gasteiger partial charge on any atom is -0.319 e. The molecule has 1 atom stereocenters. The van der Waals surface area contributed by atoms with E-state index in [9.17, 15) is 0 Å². The number of hydrogen-bond acceptors (Lipinski definition) is 2. The molecule has 0 spiro atoms. The molecule has 82 valence electrons. The predicted molar refractivity (Wildman–Crippen MR) is 60.5 cm³/mol. The highest BCUT2D eigenvalue weighted by atomic mass is 15.2. The van der Waals surface area contributed by atoms with E-state index in [1.54, 1.807) is 0 Å². The largest absolute Gasteiger partial charge is 0.319 e. The highest BCUT2D eigenvalue weighted by Gasteiger charge is 2.43. The molecule has 1 unspecified atom stereocenters. The average Bonchev–Trinajstić information content (AvgIpc) is 2.54. The minimum absolute atomic E-state index is 0.627. The van der Waals surface area contributed by atoms with E-state index in [4.69, 9.17) is 0 Å². The van der Waals surface area contributed by atoms with Crippen molar-refractivity contribution in [3.8, 4) is 0 Å². The predicted octanol–water partition coefficient (Wildman–Crippen LogP) is 1.86. The number of nitrogens with one attached hydrogen (secondary N) is 1. The lowest BCUT2D eigenvalue weighted by atomic mass is 9.73. The summed E-state index contributed by atoms with van der Waals surface area (Å²) >= 11 is 0. The van der Waals surface area contributed by atoms with Gasteiger partial charge in [0.1, 0.15) is 0 Å². The van der Waals surface area contributed by atoms with Gasteiger partial charge in [-0.1, -0.05) is 6.92 Å². The van der Waals surface area contributed by atoms with Crippen LogP contribution >= 0.6 is 0 Å². The highest BCUT2D eigenvalue weighted by molar-refractivity contribution is 4.99. The summed E-state index contributed by atoms with van der Waals surface area (Å²) in [5, 5.41) is 3.31. The number of rotatable bonds is 4. The summed E-state index contributed by atoms with van der Waals surface area (Å²) in [5.41, 5.74) is 0.627. The normalized spacial score (nSPS) is 31.7. The van der Waals surface area contributed by atoms with Gasteiger partial charge >= 0.3 is 0 Å². The smallest absolute Gasteiger partial charge is 0.0207 e. The molecule has 0 radical (unpaired) electrons. The fourth-order valence-electron chi connectivity index (χ4n) is 3.20. The molecule has 2 fully saturated rings. The molecule has 1 N–H and O–H groups in total. The van der Waals surface area contributed by atoms with Crippen LogP contribution in [0.15, 0.2) is 0 Å². The third kappa shape index (κ3) is 1.70. The standard InChI is InChI=1S/C12H24N2/c1-3-12(6-4-7-12)14-8-5-11(10-14)9-13-2/h11,13H,3-10H2,1-2H3. The van der Waals surface area contributed by atoms with Gasteiger partial charge < -0.3 is 5.32 Å². The van der Waals surface area contributed by atoms with Crippen LogP contribution < -0.4 is 5.32 Å². The van der Waals surface area contributed by atoms with E-state index < -0.39 is 0 Å². The third-order valence-corrected chi connectivity index (χ3v) is 4.39. The second-order valence-electron chi connectivity index (χ2n) is 5.09. The molecule has 1 saturated heterocycles. The third-order valence-electron chi connectivity index (χ3n) is 4.39. The maximum Gasteiger partial charge on any atom is 0.0207 e. The highest BCUT2D eigenvalue weighted by Crippen LogP contribution is 2.42. The lowest BCUT2D eigenvalue weighted by molar-refractivity contribution is 0.0292. The first-order valence-electron chi connectivity index (χ1n) is 6.20. The van der Waals surface area contributed by atoms with Crippen molar-refractivity contribution >= 4 is 0 Å². The van der Waals surface area contributed by atoms with Crippen molar-refractivity contribution in [2.75, 3.05) is 26.7 Å². The van der Waals surface area contributed by atoms with E-state index in [-0.39, 0.29) is 0 Å². The monoisotopic (exact) mass is 196 g/mol. The quantitative estimate of drug-likeness (QED) is 0.738. The summed E-state index contributed by atoms with van der Waals surface area (Å²) in [6.45, 7) is 6.26. The molecule has 2 heteroatoms. The fraction of sp³-hybridized carbons (Fsp3) is 1.00. The Morgan fingerprint density at radius 1 is 1.43 bits per heavy atom. The summed E-state index contributed by atoms with van der Waals surface area (Å²) in [5.74, 6) is 0.907. The van der Waals surface area contributed by atoms with Crippen LogP contribution in [0.3, 0.4) is 0 Å². The SMILES string of the molecule is CCC1(N2CCC(CNC)C2)CCC1. The van der Waals surface area contributed by atoms with Crippen molar-refractivity contribution < 1.29 is 0 Å². The Bertz CT molecular complexity index is 181. The Hall–Kier alpha value is -0.0800. The summed E-state index contributed by atoms with van der Waals surface area (Å²) in [6.07, 6.45) is 7.13. The van der Waals surface area contributed by atoms with Crippen molar-refractivity contribution in [1.29, 1.82) is 0 Å². The Balaban J connectivity index is 1.87. The van der Waals surface area contributed by atoms with Gasteiger partial charge in [-0.3, -0.25) is 4.90 Å². The molecule has 1 heterocycles. The van der Waals surface area contributed by atoms with Gasteiger partial charge in [-0.25, -0.2) is 0 Å². The van der Waals surface area contributed by atoms with Gasteiger partial charge in [0.15, 0.2) is 0 Å². The van der Waals surface area contributed by atoms with Crippen LogP contribution in [0.5, 0.6) is 0 Å². The van der Waals surface area contributed by atoms with E-state index >= 15 is 0 Å². The Morgan fingerprint density at radius 2 is 2.21 bits per heavy atom. The molecule has 2 nitrogen and oxygen atoms in total. The molecule has 1 aliphatic carbocycles. The first-order valence-corrected chi connectivity index (χ1v) is 6.20. The van der Waals surface area contributed by atoms with Crippen molar-refractivity contribution in [2.24, 2.45) is 5.92 Å². The van der Waals surface area contributed by atoms with Crippen LogP contribution in [0.1, 0.15) is 39.0 Å². The summed E-state index contributed by atoms with van der Waals surface area (Å²) in [6, 6.07) is 0. The second kappa shape index (κ2) is 4.19. The molecule has 2 rings (SSSR count). The van der Waals surface area contributed by atoms with Gasteiger partial charge in [-0.2, -0.15) is 0 Å². The topological polar surface area (TPSA) is 15.3 Å². The van der Waals surface area contributed by atoms with Crippen LogP contribution in [0.25, 0.3) is 0 Å². The Kier molecular flexibility index (Phi) is 3.13. The molecule has 0 amide bonds. The molecule has 14 heavy (non-hydrogen) atoms. The van der Waals surface area contributed by atoms with E-state index in [0.29, 0.717) is 5.54 Å². The first-order chi connectivity index (χ1) is 6.80. The van der Waals surface area contributed by atoms with Gasteiger partial charge in [-0.15, -0.1) is 0 Å². The van der Waals surface area contributed by atoms with Gasteiger partial charge in [-0.05, 0) is 58.2 Å². The minimum atomic E-state index is 0.627. The van der Waals surface area contributed by atoms with Crippen molar-refractivity contribution in [3.05, 3.63) is 0 Å². The summed E-state index contributed by atoms with van der Waals surface area (Å²) in [4.78, 5) is 2.78. The molecule has 1 aliphatic heterocycles. The van der Waals surface area contributed by atoms with Crippen molar-refractivity contribution in [2.45, 2.75) is 44.6 Å². The zero-order chi connectivity index (χ0) is 10.0. The zero-order valence-corrected chi connectivity index (χ0v) is 9.68. The molecular weight excluding hydrogens is 172 g/mol. The Labute approximate surface area is 88.1 Å². The average molecular weight is 196 g/mol. The van der Waals surface area contributed by atoms with Crippen LogP contribution in [0.2, 0.25) is 0 Å². The van der Waals surface area contributed by atoms with Gasteiger partial charge in [0.2, 0.25) is 0 Å². The van der Waals surface area contributed by atoms with Crippen LogP contribution in [-0.4, -0.2) is 37.1 Å². The lowest BCUT2D eigenvalue weighted by Gasteiger charge is -2.48. The van der Waals surface area contributed by atoms with E-state index in [1.807, 2.05) is 0 Å². The molecule has 0 aromatic carbocycles. The van der Waals surface area contributed by atoms with Gasteiger partial charge in [0, 0.05) is 12.1 Å². The van der Waals surface area contributed by atoms with Crippen molar-refractivity contribution in [3.63, 3.8) is 0 Å². The number of hydrogen-bond donors (Lipinski definition) is 1. The second-order valence-corrected chi connectivity index (χ2v) is 5.09. The summed E-state index contributed by atoms with van der Waals surface area (Å²) < 4.78 is 0. The Morgan fingerprint density at radius 3 is 2.71 bits per heavy atom. The zero-order valence-electron chi connectivity index (χ0n) is 9.68. The molecule has 0 aromatic rings. The van der Waals surface area contributed by atoms with E-state index in [2.05, 4.69) is 24.2 Å². The maximum atomic E-state index is 3.31. The van der Waals surface area contributed by atoms with Gasteiger partial charge in [0.25, 0.3) is 0 Å². The number of nitrogens with zero attached hydrogens (tertiary/aromatic N) is 1. The van der Waals surface area contributed by atoms with E-state index in [1.165, 1.54) is 51.7 Å². The molecule has 0 bridgehead atoms. The lowest BCUT2D eigenvalue weighted by Crippen LogP contribution is -2.52. The van der Waals surface area contributed by atoms with Crippen molar-refractivity contribution in [1.82, 2.24) is 10.2 Å². The van der Waals surface area contributed by atoms with Gasteiger partial charge in [0.05, 0.1) is 0 Å².